The number of halogens is 4. The van der Waals surface area contributed by atoms with E-state index in [1.54, 1.807) is 20.9 Å². The van der Waals surface area contributed by atoms with Gasteiger partial charge in [0.2, 0.25) is 0 Å². The van der Waals surface area contributed by atoms with Crippen molar-refractivity contribution in [2.45, 2.75) is 26.4 Å². The number of aromatic nitrogens is 2. The summed E-state index contributed by atoms with van der Waals surface area (Å²) in [5.41, 5.74) is -1.81. The SMILES string of the molecule is CCN(C)C(=O)c1c(C)sc2nc(Cc3cccc(C(F)(F)F)c3F)cc(=O)n12. The lowest BCUT2D eigenvalue weighted by molar-refractivity contribution is -0.140. The van der Waals surface area contributed by atoms with Crippen LogP contribution in [0.15, 0.2) is 29.1 Å². The van der Waals surface area contributed by atoms with Crippen LogP contribution in [0.2, 0.25) is 0 Å². The number of aryl methyl sites for hydroxylation is 1. The number of carbonyl (C=O) groups excluding carboxylic acids is 1. The summed E-state index contributed by atoms with van der Waals surface area (Å²) in [5.74, 6) is -1.72. The molecule has 0 spiro atoms. The summed E-state index contributed by atoms with van der Waals surface area (Å²) >= 11 is 1.12. The Morgan fingerprint density at radius 2 is 2.00 bits per heavy atom. The third-order valence-corrected chi connectivity index (χ3v) is 5.48. The fourth-order valence-corrected chi connectivity index (χ4v) is 3.90. The van der Waals surface area contributed by atoms with Crippen LogP contribution in [-0.4, -0.2) is 33.8 Å². The minimum atomic E-state index is -4.82. The standard InChI is InChI=1S/C19H17F4N3O2S/c1-4-25(3)17(28)16-10(2)29-18-24-12(9-14(27)26(16)18)8-11-6-5-7-13(15(11)20)19(21,22)23/h5-7,9H,4,8H2,1-3H3. The molecule has 0 aliphatic carbocycles. The first-order valence-electron chi connectivity index (χ1n) is 8.66. The zero-order valence-electron chi connectivity index (χ0n) is 15.8. The molecule has 2 heterocycles. The molecule has 5 nitrogen and oxygen atoms in total. The van der Waals surface area contributed by atoms with Crippen LogP contribution >= 0.6 is 11.3 Å². The van der Waals surface area contributed by atoms with Crippen molar-refractivity contribution in [2.24, 2.45) is 0 Å². The zero-order valence-corrected chi connectivity index (χ0v) is 16.6. The molecule has 0 bridgehead atoms. The van der Waals surface area contributed by atoms with Crippen molar-refractivity contribution in [3.8, 4) is 0 Å². The van der Waals surface area contributed by atoms with Gasteiger partial charge in [-0.05, 0) is 25.5 Å². The van der Waals surface area contributed by atoms with Gasteiger partial charge in [0, 0.05) is 31.0 Å². The van der Waals surface area contributed by atoms with E-state index in [1.165, 1.54) is 15.4 Å². The Kier molecular flexibility index (Phi) is 5.48. The Morgan fingerprint density at radius 1 is 1.31 bits per heavy atom. The maximum atomic E-state index is 14.3. The summed E-state index contributed by atoms with van der Waals surface area (Å²) in [6.45, 7) is 3.93. The van der Waals surface area contributed by atoms with Crippen LogP contribution in [-0.2, 0) is 12.6 Å². The van der Waals surface area contributed by atoms with E-state index in [2.05, 4.69) is 4.98 Å². The summed E-state index contributed by atoms with van der Waals surface area (Å²) in [7, 11) is 1.61. The topological polar surface area (TPSA) is 54.7 Å². The smallest absolute Gasteiger partial charge is 0.341 e. The summed E-state index contributed by atoms with van der Waals surface area (Å²) in [4.78, 5) is 31.7. The molecule has 0 saturated heterocycles. The number of benzene rings is 1. The van der Waals surface area contributed by atoms with Crippen LogP contribution in [0, 0.1) is 12.7 Å². The van der Waals surface area contributed by atoms with Crippen molar-refractivity contribution in [3.05, 3.63) is 67.8 Å². The normalized spacial score (nSPS) is 11.8. The molecule has 29 heavy (non-hydrogen) atoms. The van der Waals surface area contributed by atoms with E-state index in [9.17, 15) is 27.2 Å². The van der Waals surface area contributed by atoms with Crippen molar-refractivity contribution in [3.63, 3.8) is 0 Å². The van der Waals surface area contributed by atoms with Crippen molar-refractivity contribution in [1.29, 1.82) is 0 Å². The van der Waals surface area contributed by atoms with E-state index in [0.717, 1.165) is 23.5 Å². The Balaban J connectivity index is 2.07. The lowest BCUT2D eigenvalue weighted by atomic mass is 10.0. The molecular formula is C19H17F4N3O2S. The minimum Gasteiger partial charge on any atom is -0.341 e. The fourth-order valence-electron chi connectivity index (χ4n) is 2.92. The molecule has 0 fully saturated rings. The molecule has 1 aromatic carbocycles. The van der Waals surface area contributed by atoms with Gasteiger partial charge in [-0.3, -0.25) is 9.59 Å². The zero-order chi connectivity index (χ0) is 21.5. The molecule has 0 aliphatic rings. The van der Waals surface area contributed by atoms with Crippen molar-refractivity contribution in [1.82, 2.24) is 14.3 Å². The summed E-state index contributed by atoms with van der Waals surface area (Å²) in [6, 6.07) is 4.11. The van der Waals surface area contributed by atoms with Gasteiger partial charge in [-0.15, -0.1) is 11.3 Å². The van der Waals surface area contributed by atoms with E-state index in [-0.39, 0.29) is 34.2 Å². The number of rotatable bonds is 4. The first-order chi connectivity index (χ1) is 13.5. The van der Waals surface area contributed by atoms with Gasteiger partial charge in [0.15, 0.2) is 4.96 Å². The predicted molar refractivity (Wildman–Crippen MR) is 101 cm³/mol. The average molecular weight is 427 g/mol. The van der Waals surface area contributed by atoms with Crippen LogP contribution in [0.1, 0.15) is 39.1 Å². The van der Waals surface area contributed by atoms with Gasteiger partial charge in [-0.2, -0.15) is 13.2 Å². The maximum absolute atomic E-state index is 14.3. The van der Waals surface area contributed by atoms with Gasteiger partial charge >= 0.3 is 6.18 Å². The highest BCUT2D eigenvalue weighted by Gasteiger charge is 2.34. The number of amides is 1. The molecule has 0 N–H and O–H groups in total. The molecule has 0 unspecified atom stereocenters. The van der Waals surface area contributed by atoms with E-state index in [1.807, 2.05) is 0 Å². The van der Waals surface area contributed by atoms with E-state index in [0.29, 0.717) is 17.5 Å². The van der Waals surface area contributed by atoms with Crippen molar-refractivity contribution >= 4 is 22.2 Å². The first kappa shape index (κ1) is 21.0. The second-order valence-electron chi connectivity index (χ2n) is 6.48. The predicted octanol–water partition coefficient (Wildman–Crippen LogP) is 3.91. The Hall–Kier alpha value is -2.75. The van der Waals surface area contributed by atoms with Gasteiger partial charge in [-0.25, -0.2) is 13.8 Å². The lowest BCUT2D eigenvalue weighted by Gasteiger charge is -2.14. The summed E-state index contributed by atoms with van der Waals surface area (Å²) in [6.07, 6.45) is -5.10. The molecule has 3 aromatic rings. The molecule has 0 atom stereocenters. The van der Waals surface area contributed by atoms with Gasteiger partial charge in [0.25, 0.3) is 11.5 Å². The number of hydrogen-bond acceptors (Lipinski definition) is 4. The highest BCUT2D eigenvalue weighted by Crippen LogP contribution is 2.33. The van der Waals surface area contributed by atoms with Gasteiger partial charge in [-0.1, -0.05) is 12.1 Å². The number of thiazole rings is 1. The molecule has 154 valence electrons. The highest BCUT2D eigenvalue weighted by molar-refractivity contribution is 7.17. The number of alkyl halides is 3. The van der Waals surface area contributed by atoms with Crippen LogP contribution in [0.4, 0.5) is 17.6 Å². The Morgan fingerprint density at radius 3 is 2.62 bits per heavy atom. The Bertz CT molecular complexity index is 1150. The molecule has 0 saturated carbocycles. The average Bonchev–Trinajstić information content (AvgIpc) is 2.97. The monoisotopic (exact) mass is 427 g/mol. The van der Waals surface area contributed by atoms with Crippen LogP contribution in [0.3, 0.4) is 0 Å². The second kappa shape index (κ2) is 7.58. The van der Waals surface area contributed by atoms with Crippen molar-refractivity contribution < 1.29 is 22.4 Å². The van der Waals surface area contributed by atoms with Gasteiger partial charge in [0.05, 0.1) is 11.3 Å². The molecule has 2 aromatic heterocycles. The first-order valence-corrected chi connectivity index (χ1v) is 9.48. The number of fused-ring (bicyclic) bond motifs is 1. The lowest BCUT2D eigenvalue weighted by Crippen LogP contribution is -2.30. The van der Waals surface area contributed by atoms with Crippen LogP contribution < -0.4 is 5.56 Å². The van der Waals surface area contributed by atoms with Crippen LogP contribution in [0.5, 0.6) is 0 Å². The fraction of sp³-hybridized carbons (Fsp3) is 0.316. The maximum Gasteiger partial charge on any atom is 0.419 e. The molecular weight excluding hydrogens is 410 g/mol. The molecule has 3 rings (SSSR count). The molecule has 10 heteroatoms. The molecule has 0 aliphatic heterocycles. The number of nitrogens with zero attached hydrogens (tertiary/aromatic N) is 3. The second-order valence-corrected chi connectivity index (χ2v) is 7.66. The Labute approximate surface area is 167 Å². The molecule has 0 radical (unpaired) electrons. The van der Waals surface area contributed by atoms with Crippen molar-refractivity contribution in [2.75, 3.05) is 13.6 Å². The quantitative estimate of drug-likeness (QED) is 0.594. The minimum absolute atomic E-state index is 0.123. The largest absolute Gasteiger partial charge is 0.419 e. The van der Waals surface area contributed by atoms with Gasteiger partial charge < -0.3 is 4.90 Å². The van der Waals surface area contributed by atoms with Crippen LogP contribution in [0.25, 0.3) is 4.96 Å². The van der Waals surface area contributed by atoms with Gasteiger partial charge in [0.1, 0.15) is 11.5 Å². The summed E-state index contributed by atoms with van der Waals surface area (Å²) < 4.78 is 54.2. The number of carbonyl (C=O) groups is 1. The number of hydrogen-bond donors (Lipinski definition) is 0. The summed E-state index contributed by atoms with van der Waals surface area (Å²) in [5, 5.41) is 0. The van der Waals surface area contributed by atoms with E-state index in [4.69, 9.17) is 0 Å². The third kappa shape index (κ3) is 3.89. The molecule has 1 amide bonds. The highest BCUT2D eigenvalue weighted by atomic mass is 32.1. The van der Waals surface area contributed by atoms with E-state index < -0.39 is 23.1 Å². The van der Waals surface area contributed by atoms with E-state index >= 15 is 0 Å². The third-order valence-electron chi connectivity index (χ3n) is 4.52.